The third-order valence-electron chi connectivity index (χ3n) is 3.27. The maximum Gasteiger partial charge on any atom is 0.310 e. The highest BCUT2D eigenvalue weighted by Gasteiger charge is 2.25. The number of halogens is 1. The third kappa shape index (κ3) is 5.23. The quantitative estimate of drug-likeness (QED) is 0.747. The molecular formula is C12H23ClN2O3. The molecule has 0 saturated heterocycles. The van der Waals surface area contributed by atoms with Crippen LogP contribution in [0.2, 0.25) is 0 Å². The van der Waals surface area contributed by atoms with Gasteiger partial charge in [-0.25, -0.2) is 0 Å². The van der Waals surface area contributed by atoms with Gasteiger partial charge in [0.1, 0.15) is 0 Å². The van der Waals surface area contributed by atoms with Gasteiger partial charge in [-0.2, -0.15) is 0 Å². The van der Waals surface area contributed by atoms with E-state index in [1.165, 1.54) is 7.11 Å². The van der Waals surface area contributed by atoms with Crippen LogP contribution in [0.5, 0.6) is 0 Å². The lowest BCUT2D eigenvalue weighted by atomic mass is 9.85. The molecule has 0 aromatic carbocycles. The first-order chi connectivity index (χ1) is 8.04. The summed E-state index contributed by atoms with van der Waals surface area (Å²) in [6.45, 7) is 2.07. The van der Waals surface area contributed by atoms with E-state index in [9.17, 15) is 9.59 Å². The molecule has 0 radical (unpaired) electrons. The summed E-state index contributed by atoms with van der Waals surface area (Å²) in [6, 6.07) is 0.137. The Morgan fingerprint density at radius 2 is 2.11 bits per heavy atom. The third-order valence-corrected chi connectivity index (χ3v) is 3.27. The van der Waals surface area contributed by atoms with Gasteiger partial charge in [0, 0.05) is 18.5 Å². The molecule has 1 fully saturated rings. The van der Waals surface area contributed by atoms with Gasteiger partial charge >= 0.3 is 5.97 Å². The predicted molar refractivity (Wildman–Crippen MR) is 71.4 cm³/mol. The van der Waals surface area contributed by atoms with Crippen molar-refractivity contribution in [3.63, 3.8) is 0 Å². The number of amides is 1. The van der Waals surface area contributed by atoms with E-state index >= 15 is 0 Å². The summed E-state index contributed by atoms with van der Waals surface area (Å²) in [6.07, 6.45) is 3.65. The molecule has 1 saturated carbocycles. The van der Waals surface area contributed by atoms with Crippen molar-refractivity contribution < 1.29 is 14.3 Å². The molecule has 5 nitrogen and oxygen atoms in total. The molecule has 3 unspecified atom stereocenters. The zero-order valence-electron chi connectivity index (χ0n) is 11.0. The Labute approximate surface area is 114 Å². The molecule has 0 bridgehead atoms. The first-order valence-electron chi connectivity index (χ1n) is 6.15. The lowest BCUT2D eigenvalue weighted by Gasteiger charge is -2.26. The normalized spacial score (nSPS) is 24.6. The van der Waals surface area contributed by atoms with Crippen LogP contribution in [0, 0.1) is 11.8 Å². The highest BCUT2D eigenvalue weighted by molar-refractivity contribution is 5.85. The first kappa shape index (κ1) is 17.2. The number of hydrogen-bond donors (Lipinski definition) is 2. The van der Waals surface area contributed by atoms with Crippen LogP contribution in [0.4, 0.5) is 0 Å². The van der Waals surface area contributed by atoms with Crippen molar-refractivity contribution in [2.75, 3.05) is 13.7 Å². The number of ether oxygens (including phenoxy) is 1. The maximum atomic E-state index is 11.8. The molecule has 1 amide bonds. The Hall–Kier alpha value is -0.810. The number of nitrogens with one attached hydrogen (secondary N) is 1. The summed E-state index contributed by atoms with van der Waals surface area (Å²) >= 11 is 0. The standard InChI is InChI=1S/C12H22N2O3.ClH/c1-8(12(16)17-2)7-14-11(15)9-4-3-5-10(13)6-9;/h8-10H,3-7,13H2,1-2H3,(H,14,15);1H. The minimum Gasteiger partial charge on any atom is -0.469 e. The van der Waals surface area contributed by atoms with Gasteiger partial charge in [0.2, 0.25) is 5.91 Å². The molecule has 0 aromatic heterocycles. The second-order valence-electron chi connectivity index (χ2n) is 4.79. The van der Waals surface area contributed by atoms with Crippen molar-refractivity contribution in [1.29, 1.82) is 0 Å². The van der Waals surface area contributed by atoms with E-state index in [2.05, 4.69) is 10.1 Å². The topological polar surface area (TPSA) is 81.4 Å². The van der Waals surface area contributed by atoms with Gasteiger partial charge in [-0.3, -0.25) is 9.59 Å². The lowest BCUT2D eigenvalue weighted by Crippen LogP contribution is -2.40. The number of hydrogen-bond acceptors (Lipinski definition) is 4. The number of carbonyl (C=O) groups is 2. The highest BCUT2D eigenvalue weighted by Crippen LogP contribution is 2.23. The highest BCUT2D eigenvalue weighted by atomic mass is 35.5. The molecule has 3 atom stereocenters. The van der Waals surface area contributed by atoms with E-state index in [0.29, 0.717) is 6.54 Å². The van der Waals surface area contributed by atoms with Gasteiger partial charge in [0.05, 0.1) is 13.0 Å². The fourth-order valence-electron chi connectivity index (χ4n) is 2.15. The second kappa shape index (κ2) is 8.32. The summed E-state index contributed by atoms with van der Waals surface area (Å²) < 4.78 is 4.60. The van der Waals surface area contributed by atoms with Gasteiger partial charge in [0.15, 0.2) is 0 Å². The Bertz CT molecular complexity index is 286. The minimum absolute atomic E-state index is 0. The molecule has 3 N–H and O–H groups in total. The summed E-state index contributed by atoms with van der Waals surface area (Å²) in [4.78, 5) is 23.0. The molecular weight excluding hydrogens is 256 g/mol. The summed E-state index contributed by atoms with van der Waals surface area (Å²) in [5.41, 5.74) is 5.83. The van der Waals surface area contributed by atoms with Crippen molar-refractivity contribution in [2.24, 2.45) is 17.6 Å². The molecule has 18 heavy (non-hydrogen) atoms. The molecule has 1 aliphatic carbocycles. The van der Waals surface area contributed by atoms with Gasteiger partial charge in [-0.1, -0.05) is 13.3 Å². The molecule has 106 valence electrons. The number of rotatable bonds is 4. The van der Waals surface area contributed by atoms with E-state index in [1.807, 2.05) is 0 Å². The molecule has 0 heterocycles. The van der Waals surface area contributed by atoms with Crippen LogP contribution in [0.15, 0.2) is 0 Å². The van der Waals surface area contributed by atoms with Crippen LogP contribution in [-0.4, -0.2) is 31.6 Å². The largest absolute Gasteiger partial charge is 0.469 e. The average molecular weight is 279 g/mol. The Morgan fingerprint density at radius 1 is 1.44 bits per heavy atom. The SMILES string of the molecule is COC(=O)C(C)CNC(=O)C1CCCC(N)C1.Cl. The first-order valence-corrected chi connectivity index (χ1v) is 6.15. The fourth-order valence-corrected chi connectivity index (χ4v) is 2.15. The Kier molecular flexibility index (Phi) is 7.95. The Balaban J connectivity index is 0.00000289. The number of nitrogens with two attached hydrogens (primary N) is 1. The van der Waals surface area contributed by atoms with Crippen molar-refractivity contribution in [3.05, 3.63) is 0 Å². The molecule has 1 aliphatic rings. The molecule has 0 spiro atoms. The minimum atomic E-state index is -0.304. The van der Waals surface area contributed by atoms with E-state index < -0.39 is 0 Å². The van der Waals surface area contributed by atoms with E-state index in [1.54, 1.807) is 6.92 Å². The predicted octanol–water partition coefficient (Wildman–Crippen LogP) is 0.851. The number of esters is 1. The van der Waals surface area contributed by atoms with Crippen molar-refractivity contribution in [3.8, 4) is 0 Å². The van der Waals surface area contributed by atoms with E-state index in [0.717, 1.165) is 25.7 Å². The monoisotopic (exact) mass is 278 g/mol. The van der Waals surface area contributed by atoms with Crippen molar-refractivity contribution in [1.82, 2.24) is 5.32 Å². The van der Waals surface area contributed by atoms with Crippen molar-refractivity contribution in [2.45, 2.75) is 38.6 Å². The molecule has 0 aromatic rings. The second-order valence-corrected chi connectivity index (χ2v) is 4.79. The summed E-state index contributed by atoms with van der Waals surface area (Å²) in [5, 5.41) is 2.79. The molecule has 1 rings (SSSR count). The van der Waals surface area contributed by atoms with Gasteiger partial charge in [-0.05, 0) is 19.3 Å². The van der Waals surface area contributed by atoms with Crippen LogP contribution in [0.1, 0.15) is 32.6 Å². The smallest absolute Gasteiger partial charge is 0.310 e. The number of methoxy groups -OCH3 is 1. The fraction of sp³-hybridized carbons (Fsp3) is 0.833. The van der Waals surface area contributed by atoms with Gasteiger partial charge < -0.3 is 15.8 Å². The van der Waals surface area contributed by atoms with Crippen LogP contribution < -0.4 is 11.1 Å². The van der Waals surface area contributed by atoms with Crippen molar-refractivity contribution >= 4 is 24.3 Å². The van der Waals surface area contributed by atoms with Crippen LogP contribution in [0.25, 0.3) is 0 Å². The molecule has 0 aliphatic heterocycles. The zero-order valence-corrected chi connectivity index (χ0v) is 11.8. The van der Waals surface area contributed by atoms with Crippen LogP contribution in [0.3, 0.4) is 0 Å². The zero-order chi connectivity index (χ0) is 12.8. The summed E-state index contributed by atoms with van der Waals surface area (Å²) in [5.74, 6) is -0.591. The Morgan fingerprint density at radius 3 is 2.67 bits per heavy atom. The maximum absolute atomic E-state index is 11.8. The number of carbonyl (C=O) groups excluding carboxylic acids is 2. The van der Waals surface area contributed by atoms with Gasteiger partial charge in [-0.15, -0.1) is 12.4 Å². The van der Waals surface area contributed by atoms with Gasteiger partial charge in [0.25, 0.3) is 0 Å². The lowest BCUT2D eigenvalue weighted by molar-refractivity contribution is -0.144. The molecule has 6 heteroatoms. The summed E-state index contributed by atoms with van der Waals surface area (Å²) in [7, 11) is 1.35. The van der Waals surface area contributed by atoms with Crippen LogP contribution >= 0.6 is 12.4 Å². The van der Waals surface area contributed by atoms with Crippen LogP contribution in [-0.2, 0) is 14.3 Å². The average Bonchev–Trinajstić information content (AvgIpc) is 2.34. The van der Waals surface area contributed by atoms with E-state index in [-0.39, 0.29) is 42.2 Å². The van der Waals surface area contributed by atoms with E-state index in [4.69, 9.17) is 5.73 Å².